The molecule has 0 aromatic carbocycles. The van der Waals surface area contributed by atoms with Crippen LogP contribution in [0.5, 0.6) is 0 Å². The number of rotatable bonds is 3. The number of anilines is 1. The second-order valence-electron chi connectivity index (χ2n) is 6.79. The van der Waals surface area contributed by atoms with E-state index >= 15 is 0 Å². The SMILES string of the molecule is OC1(CN2CCN(c3nccc(C(F)(F)F)n3)CC2)CCCCC1. The van der Waals surface area contributed by atoms with E-state index in [1.807, 2.05) is 0 Å². The lowest BCUT2D eigenvalue weighted by Crippen LogP contribution is -2.52. The van der Waals surface area contributed by atoms with E-state index in [1.54, 1.807) is 4.90 Å². The number of hydrogen-bond acceptors (Lipinski definition) is 5. The number of piperazine rings is 1. The topological polar surface area (TPSA) is 52.5 Å². The molecule has 5 nitrogen and oxygen atoms in total. The lowest BCUT2D eigenvalue weighted by Gasteiger charge is -2.41. The van der Waals surface area contributed by atoms with E-state index in [4.69, 9.17) is 0 Å². The highest BCUT2D eigenvalue weighted by molar-refractivity contribution is 5.31. The first-order valence-corrected chi connectivity index (χ1v) is 8.46. The van der Waals surface area contributed by atoms with Crippen molar-refractivity contribution in [2.45, 2.75) is 43.9 Å². The molecule has 1 aromatic rings. The Kier molecular flexibility index (Phi) is 4.96. The van der Waals surface area contributed by atoms with Gasteiger partial charge in [-0.2, -0.15) is 13.2 Å². The van der Waals surface area contributed by atoms with Crippen LogP contribution < -0.4 is 4.90 Å². The summed E-state index contributed by atoms with van der Waals surface area (Å²) in [7, 11) is 0. The van der Waals surface area contributed by atoms with Crippen LogP contribution in [0.2, 0.25) is 0 Å². The molecule has 2 fully saturated rings. The maximum Gasteiger partial charge on any atom is 0.433 e. The third-order valence-electron chi connectivity index (χ3n) is 4.89. The van der Waals surface area contributed by atoms with Crippen LogP contribution in [0.15, 0.2) is 12.3 Å². The Morgan fingerprint density at radius 1 is 1.08 bits per heavy atom. The molecule has 1 N–H and O–H groups in total. The molecule has 0 spiro atoms. The molecule has 0 amide bonds. The Morgan fingerprint density at radius 2 is 1.75 bits per heavy atom. The lowest BCUT2D eigenvalue weighted by molar-refractivity contribution is -0.141. The summed E-state index contributed by atoms with van der Waals surface area (Å²) >= 11 is 0. The highest BCUT2D eigenvalue weighted by atomic mass is 19.4. The molecule has 1 saturated heterocycles. The minimum Gasteiger partial charge on any atom is -0.389 e. The Labute approximate surface area is 139 Å². The minimum absolute atomic E-state index is 0.126. The predicted molar refractivity (Wildman–Crippen MR) is 83.7 cm³/mol. The van der Waals surface area contributed by atoms with Crippen molar-refractivity contribution in [3.63, 3.8) is 0 Å². The van der Waals surface area contributed by atoms with Crippen molar-refractivity contribution in [2.24, 2.45) is 0 Å². The summed E-state index contributed by atoms with van der Waals surface area (Å²) in [6.45, 7) is 3.17. The number of aromatic nitrogens is 2. The zero-order chi connectivity index (χ0) is 17.2. The highest BCUT2D eigenvalue weighted by Crippen LogP contribution is 2.30. The molecule has 3 rings (SSSR count). The standard InChI is InChI=1S/C16H23F3N4O/c17-16(18,19)13-4-7-20-14(21-13)23-10-8-22(9-11-23)12-15(24)5-2-1-3-6-15/h4,7,24H,1-3,5-6,8-12H2. The summed E-state index contributed by atoms with van der Waals surface area (Å²) < 4.78 is 38.3. The molecular weight excluding hydrogens is 321 g/mol. The summed E-state index contributed by atoms with van der Waals surface area (Å²) in [5, 5.41) is 10.6. The van der Waals surface area contributed by atoms with Crippen LogP contribution in [-0.2, 0) is 6.18 Å². The quantitative estimate of drug-likeness (QED) is 0.912. The fourth-order valence-corrected chi connectivity index (χ4v) is 3.55. The van der Waals surface area contributed by atoms with Gasteiger partial charge >= 0.3 is 6.18 Å². The van der Waals surface area contributed by atoms with E-state index in [-0.39, 0.29) is 5.95 Å². The van der Waals surface area contributed by atoms with Crippen LogP contribution in [0.4, 0.5) is 19.1 Å². The van der Waals surface area contributed by atoms with Gasteiger partial charge in [0.1, 0.15) is 5.69 Å². The summed E-state index contributed by atoms with van der Waals surface area (Å²) in [5.41, 5.74) is -1.51. The van der Waals surface area contributed by atoms with Crippen molar-refractivity contribution >= 4 is 5.95 Å². The molecule has 1 aliphatic carbocycles. The van der Waals surface area contributed by atoms with Crippen LogP contribution in [0.3, 0.4) is 0 Å². The maximum atomic E-state index is 12.8. The van der Waals surface area contributed by atoms with Crippen molar-refractivity contribution in [1.82, 2.24) is 14.9 Å². The summed E-state index contributed by atoms with van der Waals surface area (Å²) in [6.07, 6.45) is 1.69. The van der Waals surface area contributed by atoms with Gasteiger partial charge in [-0.25, -0.2) is 9.97 Å². The first kappa shape index (κ1) is 17.4. The van der Waals surface area contributed by atoms with Crippen LogP contribution in [0.25, 0.3) is 0 Å². The van der Waals surface area contributed by atoms with Crippen molar-refractivity contribution in [3.8, 4) is 0 Å². The molecule has 0 bridgehead atoms. The summed E-state index contributed by atoms with van der Waals surface area (Å²) in [6, 6.07) is 0.887. The van der Waals surface area contributed by atoms with E-state index in [0.717, 1.165) is 37.9 Å². The minimum atomic E-state index is -4.45. The Bertz CT molecular complexity index is 552. The van der Waals surface area contributed by atoms with E-state index < -0.39 is 17.5 Å². The zero-order valence-electron chi connectivity index (χ0n) is 13.6. The van der Waals surface area contributed by atoms with Gasteiger partial charge in [-0.1, -0.05) is 19.3 Å². The molecule has 1 aliphatic heterocycles. The zero-order valence-corrected chi connectivity index (χ0v) is 13.6. The van der Waals surface area contributed by atoms with Gasteiger partial charge in [-0.3, -0.25) is 4.90 Å². The van der Waals surface area contributed by atoms with Gasteiger partial charge in [0.15, 0.2) is 0 Å². The molecule has 134 valence electrons. The highest BCUT2D eigenvalue weighted by Gasteiger charge is 2.35. The second-order valence-corrected chi connectivity index (χ2v) is 6.79. The lowest BCUT2D eigenvalue weighted by atomic mass is 9.84. The molecular formula is C16H23F3N4O. The Morgan fingerprint density at radius 3 is 2.38 bits per heavy atom. The Hall–Kier alpha value is -1.41. The Balaban J connectivity index is 1.57. The van der Waals surface area contributed by atoms with Gasteiger partial charge in [0.2, 0.25) is 5.95 Å². The molecule has 0 unspecified atom stereocenters. The monoisotopic (exact) mass is 344 g/mol. The molecule has 2 aliphatic rings. The van der Waals surface area contributed by atoms with E-state index in [2.05, 4.69) is 14.9 Å². The summed E-state index contributed by atoms with van der Waals surface area (Å²) in [5.74, 6) is 0.126. The van der Waals surface area contributed by atoms with Gasteiger partial charge in [0, 0.05) is 38.9 Å². The average molecular weight is 344 g/mol. The van der Waals surface area contributed by atoms with Crippen molar-refractivity contribution in [3.05, 3.63) is 18.0 Å². The molecule has 0 radical (unpaired) electrons. The maximum absolute atomic E-state index is 12.8. The molecule has 1 saturated carbocycles. The summed E-state index contributed by atoms with van der Waals surface area (Å²) in [4.78, 5) is 11.6. The van der Waals surface area contributed by atoms with Gasteiger partial charge in [0.25, 0.3) is 0 Å². The predicted octanol–water partition coefficient (Wildman–Crippen LogP) is 2.31. The van der Waals surface area contributed by atoms with Crippen LogP contribution >= 0.6 is 0 Å². The number of β-amino-alcohol motifs (C(OH)–C–C–N with tert-alkyl or cyclic N) is 1. The van der Waals surface area contributed by atoms with Crippen molar-refractivity contribution in [2.75, 3.05) is 37.6 Å². The first-order valence-electron chi connectivity index (χ1n) is 8.46. The number of alkyl halides is 3. The smallest absolute Gasteiger partial charge is 0.389 e. The second kappa shape index (κ2) is 6.84. The van der Waals surface area contributed by atoms with Crippen LogP contribution in [0, 0.1) is 0 Å². The third-order valence-corrected chi connectivity index (χ3v) is 4.89. The molecule has 2 heterocycles. The van der Waals surface area contributed by atoms with E-state index in [0.29, 0.717) is 32.7 Å². The average Bonchev–Trinajstić information content (AvgIpc) is 2.55. The molecule has 0 atom stereocenters. The van der Waals surface area contributed by atoms with Crippen molar-refractivity contribution in [1.29, 1.82) is 0 Å². The largest absolute Gasteiger partial charge is 0.433 e. The van der Waals surface area contributed by atoms with E-state index in [1.165, 1.54) is 6.42 Å². The fourth-order valence-electron chi connectivity index (χ4n) is 3.55. The van der Waals surface area contributed by atoms with Gasteiger partial charge in [-0.05, 0) is 18.9 Å². The number of aliphatic hydroxyl groups is 1. The molecule has 24 heavy (non-hydrogen) atoms. The van der Waals surface area contributed by atoms with Crippen LogP contribution in [-0.4, -0.2) is 58.3 Å². The van der Waals surface area contributed by atoms with Crippen LogP contribution in [0.1, 0.15) is 37.8 Å². The van der Waals surface area contributed by atoms with Gasteiger partial charge in [-0.15, -0.1) is 0 Å². The van der Waals surface area contributed by atoms with Gasteiger partial charge in [0.05, 0.1) is 5.60 Å². The third kappa shape index (κ3) is 4.16. The molecule has 1 aromatic heterocycles. The normalized spacial score (nSPS) is 22.6. The first-order chi connectivity index (χ1) is 11.4. The number of halogens is 3. The number of hydrogen-bond donors (Lipinski definition) is 1. The fraction of sp³-hybridized carbons (Fsp3) is 0.750. The number of nitrogens with zero attached hydrogens (tertiary/aromatic N) is 4. The molecule has 8 heteroatoms. The van der Waals surface area contributed by atoms with E-state index in [9.17, 15) is 18.3 Å². The van der Waals surface area contributed by atoms with Crippen molar-refractivity contribution < 1.29 is 18.3 Å². The van der Waals surface area contributed by atoms with Gasteiger partial charge < -0.3 is 10.0 Å².